The van der Waals surface area contributed by atoms with Crippen LogP contribution in [0.25, 0.3) is 0 Å². The molecule has 3 rings (SSSR count). The Balaban J connectivity index is 1.63. The molecule has 26 heavy (non-hydrogen) atoms. The molecule has 0 bridgehead atoms. The van der Waals surface area contributed by atoms with Gasteiger partial charge in [0, 0.05) is 44.3 Å². The van der Waals surface area contributed by atoms with Crippen molar-refractivity contribution in [1.82, 2.24) is 19.4 Å². The number of amides is 3. The van der Waals surface area contributed by atoms with E-state index in [1.807, 2.05) is 4.90 Å². The molecule has 3 amide bonds. The van der Waals surface area contributed by atoms with Crippen molar-refractivity contribution in [3.63, 3.8) is 0 Å². The number of piperazine rings is 1. The average molecular weight is 401 g/mol. The summed E-state index contributed by atoms with van der Waals surface area (Å²) in [5, 5.41) is 2.98. The lowest BCUT2D eigenvalue weighted by Gasteiger charge is -2.37. The van der Waals surface area contributed by atoms with Crippen LogP contribution in [0.3, 0.4) is 0 Å². The Morgan fingerprint density at radius 2 is 1.88 bits per heavy atom. The fraction of sp³-hybridized carbons (Fsp3) is 0.500. The molecule has 2 saturated heterocycles. The van der Waals surface area contributed by atoms with E-state index in [1.54, 1.807) is 19.1 Å². The molecule has 1 N–H and O–H groups in total. The van der Waals surface area contributed by atoms with Gasteiger partial charge >= 0.3 is 6.03 Å². The maximum atomic E-state index is 12.7. The zero-order valence-corrected chi connectivity index (χ0v) is 16.0. The van der Waals surface area contributed by atoms with Gasteiger partial charge in [-0.1, -0.05) is 17.7 Å². The maximum absolute atomic E-state index is 12.7. The summed E-state index contributed by atoms with van der Waals surface area (Å²) in [5.41, 5.74) is 0. The van der Waals surface area contributed by atoms with Gasteiger partial charge < -0.3 is 5.32 Å². The number of imide groups is 1. The number of benzene rings is 1. The Bertz CT molecular complexity index is 808. The number of carbonyl (C=O) groups excluding carboxylic acids is 2. The number of sulfonamides is 1. The smallest absolute Gasteiger partial charge is 0.324 e. The molecule has 0 spiro atoms. The molecular formula is C16H21ClN4O4S. The SMILES string of the molecule is C[C@@H](C(=O)N1CCNC1=O)N1CCN(S(=O)(=O)c2cccc(Cl)c2)CC1. The summed E-state index contributed by atoms with van der Waals surface area (Å²) in [4.78, 5) is 27.4. The molecule has 0 aromatic heterocycles. The maximum Gasteiger partial charge on any atom is 0.324 e. The fourth-order valence-electron chi connectivity index (χ4n) is 3.17. The second-order valence-electron chi connectivity index (χ2n) is 6.30. The molecular weight excluding hydrogens is 380 g/mol. The van der Waals surface area contributed by atoms with Crippen molar-refractivity contribution in [1.29, 1.82) is 0 Å². The Morgan fingerprint density at radius 1 is 1.19 bits per heavy atom. The highest BCUT2D eigenvalue weighted by Crippen LogP contribution is 2.21. The number of carbonyl (C=O) groups is 2. The first-order chi connectivity index (χ1) is 12.3. The van der Waals surface area contributed by atoms with Crippen LogP contribution in [0, 0.1) is 0 Å². The molecule has 2 aliphatic heterocycles. The summed E-state index contributed by atoms with van der Waals surface area (Å²) in [6.07, 6.45) is 0. The first-order valence-electron chi connectivity index (χ1n) is 8.39. The third-order valence-electron chi connectivity index (χ3n) is 4.74. The second kappa shape index (κ2) is 7.51. The summed E-state index contributed by atoms with van der Waals surface area (Å²) < 4.78 is 26.8. The van der Waals surface area contributed by atoms with Gasteiger partial charge in [0.25, 0.3) is 0 Å². The Kier molecular flexibility index (Phi) is 5.52. The first-order valence-corrected chi connectivity index (χ1v) is 10.2. The summed E-state index contributed by atoms with van der Waals surface area (Å²) in [6, 6.07) is 5.33. The van der Waals surface area contributed by atoms with Crippen LogP contribution < -0.4 is 5.32 Å². The summed E-state index contributed by atoms with van der Waals surface area (Å²) >= 11 is 5.90. The number of halogens is 1. The molecule has 0 saturated carbocycles. The van der Waals surface area contributed by atoms with E-state index < -0.39 is 16.1 Å². The standard InChI is InChI=1S/C16H21ClN4O4S/c1-12(15(22)21-6-5-18-16(21)23)19-7-9-20(10-8-19)26(24,25)14-4-2-3-13(17)11-14/h2-4,11-12H,5-10H2,1H3,(H,18,23)/t12-/m0/s1. The zero-order chi connectivity index (χ0) is 18.9. The van der Waals surface area contributed by atoms with Gasteiger partial charge in [-0.2, -0.15) is 4.31 Å². The molecule has 10 heteroatoms. The van der Waals surface area contributed by atoms with Gasteiger partial charge in [0.15, 0.2) is 0 Å². The molecule has 8 nitrogen and oxygen atoms in total. The van der Waals surface area contributed by atoms with Crippen LogP contribution in [0.15, 0.2) is 29.2 Å². The van der Waals surface area contributed by atoms with Gasteiger partial charge in [0.05, 0.1) is 10.9 Å². The number of hydrogen-bond donors (Lipinski definition) is 1. The van der Waals surface area contributed by atoms with Gasteiger partial charge in [-0.3, -0.25) is 14.6 Å². The van der Waals surface area contributed by atoms with Crippen LogP contribution in [0.2, 0.25) is 5.02 Å². The van der Waals surface area contributed by atoms with Crippen molar-refractivity contribution in [2.24, 2.45) is 0 Å². The number of hydrogen-bond acceptors (Lipinski definition) is 5. The van der Waals surface area contributed by atoms with Crippen molar-refractivity contribution in [3.05, 3.63) is 29.3 Å². The monoisotopic (exact) mass is 400 g/mol. The van der Waals surface area contributed by atoms with Crippen LogP contribution in [-0.2, 0) is 14.8 Å². The molecule has 0 radical (unpaired) electrons. The minimum atomic E-state index is -3.62. The predicted molar refractivity (Wildman–Crippen MR) is 96.4 cm³/mol. The van der Waals surface area contributed by atoms with E-state index in [2.05, 4.69) is 5.32 Å². The zero-order valence-electron chi connectivity index (χ0n) is 14.4. The van der Waals surface area contributed by atoms with Gasteiger partial charge in [-0.15, -0.1) is 0 Å². The number of nitrogens with one attached hydrogen (secondary N) is 1. The highest BCUT2D eigenvalue weighted by molar-refractivity contribution is 7.89. The van der Waals surface area contributed by atoms with Crippen LogP contribution >= 0.6 is 11.6 Å². The quantitative estimate of drug-likeness (QED) is 0.798. The Labute approximate surface area is 157 Å². The second-order valence-corrected chi connectivity index (χ2v) is 8.67. The molecule has 2 heterocycles. The van der Waals surface area contributed by atoms with E-state index in [9.17, 15) is 18.0 Å². The molecule has 0 aliphatic carbocycles. The van der Waals surface area contributed by atoms with Crippen LogP contribution in [0.5, 0.6) is 0 Å². The number of urea groups is 1. The van der Waals surface area contributed by atoms with Crippen LogP contribution in [-0.4, -0.2) is 79.8 Å². The van der Waals surface area contributed by atoms with Gasteiger partial charge in [0.1, 0.15) is 0 Å². The molecule has 2 aliphatic rings. The van der Waals surface area contributed by atoms with Crippen molar-refractivity contribution in [2.75, 3.05) is 39.3 Å². The van der Waals surface area contributed by atoms with Crippen LogP contribution in [0.4, 0.5) is 4.79 Å². The number of rotatable bonds is 4. The lowest BCUT2D eigenvalue weighted by molar-refractivity contribution is -0.133. The van der Waals surface area contributed by atoms with Crippen molar-refractivity contribution in [3.8, 4) is 0 Å². The highest BCUT2D eigenvalue weighted by atomic mass is 35.5. The normalized spacial score (nSPS) is 20.8. The first kappa shape index (κ1) is 19.1. The van der Waals surface area contributed by atoms with E-state index in [0.29, 0.717) is 31.2 Å². The lowest BCUT2D eigenvalue weighted by Crippen LogP contribution is -2.55. The van der Waals surface area contributed by atoms with E-state index >= 15 is 0 Å². The molecule has 1 aromatic rings. The molecule has 2 fully saturated rings. The van der Waals surface area contributed by atoms with Crippen molar-refractivity contribution < 1.29 is 18.0 Å². The van der Waals surface area contributed by atoms with Crippen LogP contribution in [0.1, 0.15) is 6.92 Å². The predicted octanol–water partition coefficient (Wildman–Crippen LogP) is 0.587. The van der Waals surface area contributed by atoms with Crippen molar-refractivity contribution >= 4 is 33.6 Å². The third kappa shape index (κ3) is 3.71. The minimum Gasteiger partial charge on any atom is -0.336 e. The largest absolute Gasteiger partial charge is 0.336 e. The summed E-state index contributed by atoms with van der Waals surface area (Å²) in [5.74, 6) is -0.258. The Morgan fingerprint density at radius 3 is 2.46 bits per heavy atom. The number of nitrogens with zero attached hydrogens (tertiary/aromatic N) is 3. The molecule has 142 valence electrons. The topological polar surface area (TPSA) is 90.0 Å². The minimum absolute atomic E-state index is 0.163. The van der Waals surface area contributed by atoms with E-state index in [0.717, 1.165) is 0 Å². The summed E-state index contributed by atoms with van der Waals surface area (Å²) in [7, 11) is -3.62. The van der Waals surface area contributed by atoms with Gasteiger partial charge in [0.2, 0.25) is 15.9 Å². The summed E-state index contributed by atoms with van der Waals surface area (Å²) in [6.45, 7) is 3.96. The Hall–Kier alpha value is -1.68. The van der Waals surface area contributed by atoms with Crippen molar-refractivity contribution in [2.45, 2.75) is 17.9 Å². The lowest BCUT2D eigenvalue weighted by atomic mass is 10.2. The molecule has 1 atom stereocenters. The fourth-order valence-corrected chi connectivity index (χ4v) is 4.89. The van der Waals surface area contributed by atoms with Gasteiger partial charge in [-0.05, 0) is 25.1 Å². The van der Waals surface area contributed by atoms with Gasteiger partial charge in [-0.25, -0.2) is 13.2 Å². The van der Waals surface area contributed by atoms with E-state index in [-0.39, 0.29) is 29.9 Å². The molecule has 0 unspecified atom stereocenters. The third-order valence-corrected chi connectivity index (χ3v) is 6.86. The van der Waals surface area contributed by atoms with E-state index in [1.165, 1.54) is 21.3 Å². The molecule has 1 aromatic carbocycles. The highest BCUT2D eigenvalue weighted by Gasteiger charge is 2.35. The van der Waals surface area contributed by atoms with E-state index in [4.69, 9.17) is 11.6 Å². The average Bonchev–Trinajstić information content (AvgIpc) is 3.06.